The summed E-state index contributed by atoms with van der Waals surface area (Å²) in [4.78, 5) is 26.5. The van der Waals surface area contributed by atoms with Gasteiger partial charge in [0, 0.05) is 32.7 Å². The zero-order valence-electron chi connectivity index (χ0n) is 13.6. The van der Waals surface area contributed by atoms with Crippen molar-refractivity contribution in [1.82, 2.24) is 15.4 Å². The van der Waals surface area contributed by atoms with E-state index < -0.39 is 5.54 Å². The van der Waals surface area contributed by atoms with Crippen molar-refractivity contribution in [2.45, 2.75) is 43.6 Å². The lowest BCUT2D eigenvalue weighted by atomic mass is 9.92. The Bertz CT molecular complexity index is 596. The molecule has 1 N–H and O–H groups in total. The first-order chi connectivity index (χ1) is 11.1. The molecular formula is C16H23N3O4. The van der Waals surface area contributed by atoms with E-state index in [1.54, 1.807) is 25.1 Å². The monoisotopic (exact) mass is 321 g/mol. The number of ether oxygens (including phenoxy) is 1. The van der Waals surface area contributed by atoms with Crippen molar-refractivity contribution in [3.8, 4) is 0 Å². The molecule has 0 aromatic carbocycles. The molecule has 0 spiro atoms. The third-order valence-electron chi connectivity index (χ3n) is 4.75. The van der Waals surface area contributed by atoms with Gasteiger partial charge in [0.1, 0.15) is 5.76 Å². The quantitative estimate of drug-likeness (QED) is 0.854. The summed E-state index contributed by atoms with van der Waals surface area (Å²) < 4.78 is 10.6. The molecule has 1 atom stereocenters. The lowest BCUT2D eigenvalue weighted by molar-refractivity contribution is -0.123. The SMILES string of the molecule is CNC(=O)C[C@]1(COC)CCCN1C(=O)c1cc(C2CC2)on1. The molecule has 1 saturated heterocycles. The van der Waals surface area contributed by atoms with Crippen molar-refractivity contribution in [2.75, 3.05) is 27.3 Å². The first-order valence-electron chi connectivity index (χ1n) is 8.08. The number of methoxy groups -OCH3 is 1. The van der Waals surface area contributed by atoms with Crippen molar-refractivity contribution >= 4 is 11.8 Å². The minimum absolute atomic E-state index is 0.0967. The fourth-order valence-corrected chi connectivity index (χ4v) is 3.38. The first-order valence-corrected chi connectivity index (χ1v) is 8.08. The number of nitrogens with one attached hydrogen (secondary N) is 1. The zero-order chi connectivity index (χ0) is 16.4. The van der Waals surface area contributed by atoms with Crippen LogP contribution < -0.4 is 5.32 Å². The van der Waals surface area contributed by atoms with Gasteiger partial charge < -0.3 is 19.5 Å². The number of hydrogen-bond donors (Lipinski definition) is 1. The van der Waals surface area contributed by atoms with Gasteiger partial charge in [-0.2, -0.15) is 0 Å². The number of carbonyl (C=O) groups is 2. The molecule has 126 valence electrons. The Hall–Kier alpha value is -1.89. The van der Waals surface area contributed by atoms with Crippen molar-refractivity contribution in [3.05, 3.63) is 17.5 Å². The molecule has 2 heterocycles. The number of likely N-dealkylation sites (tertiary alicyclic amines) is 1. The molecule has 7 heteroatoms. The molecule has 1 aliphatic carbocycles. The van der Waals surface area contributed by atoms with Gasteiger partial charge in [0.25, 0.3) is 5.91 Å². The van der Waals surface area contributed by atoms with Crippen LogP contribution >= 0.6 is 0 Å². The van der Waals surface area contributed by atoms with Gasteiger partial charge in [-0.3, -0.25) is 9.59 Å². The van der Waals surface area contributed by atoms with Gasteiger partial charge in [0.2, 0.25) is 5.91 Å². The largest absolute Gasteiger partial charge is 0.382 e. The maximum atomic E-state index is 12.9. The van der Waals surface area contributed by atoms with E-state index in [1.807, 2.05) is 0 Å². The molecule has 0 bridgehead atoms. The highest BCUT2D eigenvalue weighted by molar-refractivity contribution is 5.93. The molecule has 0 unspecified atom stereocenters. The third kappa shape index (κ3) is 3.10. The summed E-state index contributed by atoms with van der Waals surface area (Å²) in [5.41, 5.74) is -0.281. The maximum absolute atomic E-state index is 12.9. The predicted molar refractivity (Wildman–Crippen MR) is 82.0 cm³/mol. The predicted octanol–water partition coefficient (Wildman–Crippen LogP) is 1.31. The number of amides is 2. The van der Waals surface area contributed by atoms with E-state index in [9.17, 15) is 9.59 Å². The van der Waals surface area contributed by atoms with Crippen LogP contribution in [0, 0.1) is 0 Å². The van der Waals surface area contributed by atoms with Crippen LogP contribution in [0.15, 0.2) is 10.6 Å². The van der Waals surface area contributed by atoms with E-state index >= 15 is 0 Å². The molecule has 2 aliphatic rings. The van der Waals surface area contributed by atoms with Gasteiger partial charge >= 0.3 is 0 Å². The molecule has 1 saturated carbocycles. The summed E-state index contributed by atoms with van der Waals surface area (Å²) in [6.07, 6.45) is 4.01. The van der Waals surface area contributed by atoms with Gasteiger partial charge in [0.15, 0.2) is 5.69 Å². The summed E-state index contributed by atoms with van der Waals surface area (Å²) in [5.74, 6) is 0.924. The fraction of sp³-hybridized carbons (Fsp3) is 0.688. The van der Waals surface area contributed by atoms with Gasteiger partial charge in [0.05, 0.1) is 18.6 Å². The summed E-state index contributed by atoms with van der Waals surface area (Å²) in [6, 6.07) is 1.75. The van der Waals surface area contributed by atoms with E-state index in [-0.39, 0.29) is 18.2 Å². The molecular weight excluding hydrogens is 298 g/mol. The zero-order valence-corrected chi connectivity index (χ0v) is 13.6. The van der Waals surface area contributed by atoms with Crippen LogP contribution in [0.2, 0.25) is 0 Å². The molecule has 7 nitrogen and oxygen atoms in total. The molecule has 1 aromatic rings. The van der Waals surface area contributed by atoms with Crippen molar-refractivity contribution < 1.29 is 18.8 Å². The van der Waals surface area contributed by atoms with E-state index in [2.05, 4.69) is 10.5 Å². The average molecular weight is 321 g/mol. The molecule has 1 aliphatic heterocycles. The van der Waals surface area contributed by atoms with E-state index in [4.69, 9.17) is 9.26 Å². The normalized spacial score (nSPS) is 24.0. The molecule has 2 fully saturated rings. The van der Waals surface area contributed by atoms with Gasteiger partial charge in [-0.1, -0.05) is 5.16 Å². The highest BCUT2D eigenvalue weighted by Crippen LogP contribution is 2.41. The molecule has 0 radical (unpaired) electrons. The Morgan fingerprint density at radius 1 is 1.52 bits per heavy atom. The molecule has 23 heavy (non-hydrogen) atoms. The lowest BCUT2D eigenvalue weighted by Gasteiger charge is -2.37. The van der Waals surface area contributed by atoms with Gasteiger partial charge in [-0.25, -0.2) is 0 Å². The number of nitrogens with zero attached hydrogens (tertiary/aromatic N) is 2. The standard InChI is InChI=1S/C16H23N3O4/c1-17-14(20)9-16(10-22-2)6-3-7-19(16)15(21)12-8-13(23-18-12)11-4-5-11/h8,11H,3-7,9-10H2,1-2H3,(H,17,20)/t16-/m0/s1. The number of hydrogen-bond acceptors (Lipinski definition) is 5. The Balaban J connectivity index is 1.81. The van der Waals surface area contributed by atoms with E-state index in [1.165, 1.54) is 0 Å². The fourth-order valence-electron chi connectivity index (χ4n) is 3.38. The minimum atomic E-state index is -0.607. The Kier molecular flexibility index (Phi) is 4.39. The minimum Gasteiger partial charge on any atom is -0.382 e. The summed E-state index contributed by atoms with van der Waals surface area (Å²) in [5, 5.41) is 6.57. The van der Waals surface area contributed by atoms with Crippen molar-refractivity contribution in [2.24, 2.45) is 0 Å². The van der Waals surface area contributed by atoms with Crippen molar-refractivity contribution in [3.63, 3.8) is 0 Å². The molecule has 1 aromatic heterocycles. The summed E-state index contributed by atoms with van der Waals surface area (Å²) in [6.45, 7) is 0.935. The van der Waals surface area contributed by atoms with Crippen LogP contribution in [-0.4, -0.2) is 54.7 Å². The third-order valence-corrected chi connectivity index (χ3v) is 4.75. The maximum Gasteiger partial charge on any atom is 0.276 e. The van der Waals surface area contributed by atoms with Crippen LogP contribution in [0.4, 0.5) is 0 Å². The van der Waals surface area contributed by atoms with Crippen molar-refractivity contribution in [1.29, 1.82) is 0 Å². The lowest BCUT2D eigenvalue weighted by Crippen LogP contribution is -2.52. The van der Waals surface area contributed by atoms with Gasteiger partial charge in [-0.15, -0.1) is 0 Å². The van der Waals surface area contributed by atoms with Crippen LogP contribution in [0.25, 0.3) is 0 Å². The second-order valence-corrected chi connectivity index (χ2v) is 6.46. The second-order valence-electron chi connectivity index (χ2n) is 6.46. The van der Waals surface area contributed by atoms with E-state index in [0.717, 1.165) is 31.4 Å². The Morgan fingerprint density at radius 2 is 2.30 bits per heavy atom. The Labute approximate surface area is 135 Å². The molecule has 3 rings (SSSR count). The number of rotatable bonds is 6. The van der Waals surface area contributed by atoms with Crippen LogP contribution in [0.1, 0.15) is 54.3 Å². The van der Waals surface area contributed by atoms with Crippen LogP contribution in [0.5, 0.6) is 0 Å². The van der Waals surface area contributed by atoms with Crippen LogP contribution in [0.3, 0.4) is 0 Å². The van der Waals surface area contributed by atoms with Gasteiger partial charge in [-0.05, 0) is 25.7 Å². The topological polar surface area (TPSA) is 84.7 Å². The van der Waals surface area contributed by atoms with Crippen LogP contribution in [-0.2, 0) is 9.53 Å². The Morgan fingerprint density at radius 3 is 2.96 bits per heavy atom. The van der Waals surface area contributed by atoms with E-state index in [0.29, 0.717) is 24.8 Å². The first kappa shape index (κ1) is 16.0. The second kappa shape index (κ2) is 6.31. The average Bonchev–Trinajstić information content (AvgIpc) is 3.13. The highest BCUT2D eigenvalue weighted by atomic mass is 16.5. The summed E-state index contributed by atoms with van der Waals surface area (Å²) in [7, 11) is 3.19. The number of aromatic nitrogens is 1. The highest BCUT2D eigenvalue weighted by Gasteiger charge is 2.46. The smallest absolute Gasteiger partial charge is 0.276 e. The molecule has 2 amide bonds. The summed E-state index contributed by atoms with van der Waals surface area (Å²) >= 11 is 0. The number of carbonyl (C=O) groups excluding carboxylic acids is 2.